The van der Waals surface area contributed by atoms with Crippen LogP contribution in [0.2, 0.25) is 0 Å². The molecule has 0 saturated heterocycles. The molecule has 0 aliphatic heterocycles. The predicted molar refractivity (Wildman–Crippen MR) is 89.9 cm³/mol. The van der Waals surface area contributed by atoms with Crippen molar-refractivity contribution in [3.05, 3.63) is 41.5 Å². The molecule has 0 amide bonds. The van der Waals surface area contributed by atoms with Crippen LogP contribution >= 0.6 is 0 Å². The third-order valence-electron chi connectivity index (χ3n) is 3.73. The first-order valence-corrected chi connectivity index (χ1v) is 9.19. The van der Waals surface area contributed by atoms with Gasteiger partial charge in [-0.25, -0.2) is 0 Å². The molecule has 1 aromatic rings. The third kappa shape index (κ3) is 5.18. The van der Waals surface area contributed by atoms with E-state index in [9.17, 15) is 8.42 Å². The van der Waals surface area contributed by atoms with Gasteiger partial charge in [-0.15, -0.1) is 0 Å². The van der Waals surface area contributed by atoms with Crippen LogP contribution in [0.5, 0.6) is 0 Å². The summed E-state index contributed by atoms with van der Waals surface area (Å²) in [5.74, 6) is 0. The van der Waals surface area contributed by atoms with Gasteiger partial charge in [0.2, 0.25) is 0 Å². The highest BCUT2D eigenvalue weighted by atomic mass is 32.2. The van der Waals surface area contributed by atoms with Gasteiger partial charge in [0.25, 0.3) is 10.1 Å². The first-order valence-electron chi connectivity index (χ1n) is 7.78. The number of aryl methyl sites for hydroxylation is 1. The molecule has 0 radical (unpaired) electrons. The average Bonchev–Trinajstić information content (AvgIpc) is 2.95. The molecule has 0 fully saturated rings. The average molecular weight is 337 g/mol. The second-order valence-corrected chi connectivity index (χ2v) is 7.15. The molecular formula is C17H23NO4S. The first kappa shape index (κ1) is 17.7. The Morgan fingerprint density at radius 3 is 2.61 bits per heavy atom. The normalized spacial score (nSPS) is 16.6. The van der Waals surface area contributed by atoms with Gasteiger partial charge in [0.05, 0.1) is 17.2 Å². The fourth-order valence-corrected chi connectivity index (χ4v) is 3.42. The Morgan fingerprint density at radius 2 is 1.91 bits per heavy atom. The summed E-state index contributed by atoms with van der Waals surface area (Å²) in [5, 5.41) is 4.01. The molecule has 0 atom stereocenters. The van der Waals surface area contributed by atoms with Gasteiger partial charge in [-0.1, -0.05) is 28.9 Å². The van der Waals surface area contributed by atoms with Crippen molar-refractivity contribution < 1.29 is 17.4 Å². The summed E-state index contributed by atoms with van der Waals surface area (Å²) in [6.45, 7) is 2.11. The molecule has 1 aliphatic rings. The zero-order valence-electron chi connectivity index (χ0n) is 13.6. The van der Waals surface area contributed by atoms with E-state index in [0.29, 0.717) is 6.42 Å². The number of allylic oxidation sites excluding steroid dienone is 2. The molecular weight excluding hydrogens is 314 g/mol. The molecule has 0 N–H and O–H groups in total. The van der Waals surface area contributed by atoms with E-state index in [2.05, 4.69) is 11.2 Å². The molecule has 5 nitrogen and oxygen atoms in total. The summed E-state index contributed by atoms with van der Waals surface area (Å²) < 4.78 is 29.2. The summed E-state index contributed by atoms with van der Waals surface area (Å²) in [4.78, 5) is 5.03. The smallest absolute Gasteiger partial charge is 0.296 e. The maximum absolute atomic E-state index is 12.0. The summed E-state index contributed by atoms with van der Waals surface area (Å²) in [6.07, 6.45) is 6.50. The summed E-state index contributed by atoms with van der Waals surface area (Å²) in [7, 11) is -2.11. The number of hydrogen-bond acceptors (Lipinski definition) is 5. The monoisotopic (exact) mass is 337 g/mol. The number of unbranched alkanes of at least 4 members (excludes halogenated alkanes) is 1. The van der Waals surface area contributed by atoms with E-state index in [0.717, 1.165) is 37.0 Å². The van der Waals surface area contributed by atoms with Crippen molar-refractivity contribution in [2.24, 2.45) is 5.16 Å². The maximum Gasteiger partial charge on any atom is 0.296 e. The van der Waals surface area contributed by atoms with Crippen LogP contribution in [0.4, 0.5) is 0 Å². The molecule has 23 heavy (non-hydrogen) atoms. The summed E-state index contributed by atoms with van der Waals surface area (Å²) in [5.41, 5.74) is 3.22. The largest absolute Gasteiger partial charge is 0.399 e. The molecule has 0 heterocycles. The molecule has 0 aromatic heterocycles. The Morgan fingerprint density at radius 1 is 1.17 bits per heavy atom. The van der Waals surface area contributed by atoms with E-state index in [4.69, 9.17) is 9.02 Å². The lowest BCUT2D eigenvalue weighted by Crippen LogP contribution is -2.08. The van der Waals surface area contributed by atoms with Crippen molar-refractivity contribution in [1.82, 2.24) is 0 Å². The lowest BCUT2D eigenvalue weighted by Gasteiger charge is -2.07. The fraction of sp³-hybridized carbons (Fsp3) is 0.471. The Kier molecular flexibility index (Phi) is 6.36. The van der Waals surface area contributed by atoms with Gasteiger partial charge in [-0.2, -0.15) is 8.42 Å². The molecule has 0 saturated carbocycles. The van der Waals surface area contributed by atoms with Crippen LogP contribution < -0.4 is 0 Å². The lowest BCUT2D eigenvalue weighted by atomic mass is 10.1. The second kappa shape index (κ2) is 8.26. The van der Waals surface area contributed by atoms with Crippen LogP contribution in [0.3, 0.4) is 0 Å². The third-order valence-corrected chi connectivity index (χ3v) is 5.06. The maximum atomic E-state index is 12.0. The predicted octanol–water partition coefficient (Wildman–Crippen LogP) is 3.59. The van der Waals surface area contributed by atoms with E-state index in [1.807, 2.05) is 6.92 Å². The molecule has 126 valence electrons. The number of nitrogens with zero attached hydrogens (tertiary/aromatic N) is 1. The van der Waals surface area contributed by atoms with Gasteiger partial charge >= 0.3 is 0 Å². The topological polar surface area (TPSA) is 65.0 Å². The minimum Gasteiger partial charge on any atom is -0.399 e. The van der Waals surface area contributed by atoms with Crippen LogP contribution in [-0.4, -0.2) is 27.8 Å². The van der Waals surface area contributed by atoms with Crippen molar-refractivity contribution >= 4 is 15.8 Å². The molecule has 0 unspecified atom stereocenters. The van der Waals surface area contributed by atoms with E-state index in [-0.39, 0.29) is 11.5 Å². The molecule has 2 rings (SSSR count). The van der Waals surface area contributed by atoms with E-state index in [1.54, 1.807) is 31.4 Å². The van der Waals surface area contributed by atoms with Gasteiger partial charge in [0.15, 0.2) is 0 Å². The number of oxime groups is 1. The van der Waals surface area contributed by atoms with Gasteiger partial charge in [-0.3, -0.25) is 4.18 Å². The molecule has 0 spiro atoms. The quantitative estimate of drug-likeness (QED) is 0.413. The zero-order valence-corrected chi connectivity index (χ0v) is 14.4. The Bertz CT molecular complexity index is 675. The van der Waals surface area contributed by atoms with E-state index in [1.165, 1.54) is 5.57 Å². The van der Waals surface area contributed by atoms with Crippen molar-refractivity contribution in [2.75, 3.05) is 13.7 Å². The Balaban J connectivity index is 1.75. The van der Waals surface area contributed by atoms with Crippen molar-refractivity contribution in [3.63, 3.8) is 0 Å². The van der Waals surface area contributed by atoms with Gasteiger partial charge in [-0.05, 0) is 56.7 Å². The molecule has 0 bridgehead atoms. The van der Waals surface area contributed by atoms with Crippen LogP contribution in [0.25, 0.3) is 0 Å². The Labute approximate surface area is 138 Å². The summed E-state index contributed by atoms with van der Waals surface area (Å²) >= 11 is 0. The van der Waals surface area contributed by atoms with E-state index < -0.39 is 10.1 Å². The first-order chi connectivity index (χ1) is 11.0. The number of hydrogen-bond donors (Lipinski definition) is 0. The SMILES string of the molecule is CON=C1CCC=C1CCCCOS(=O)(=O)c1ccc(C)cc1. The standard InChI is InChI=1S/C17H23NO4S/c1-14-9-11-16(12-10-14)23(19,20)22-13-4-3-6-15-7-5-8-17(15)18-21-2/h7,9-12H,3-6,8,13H2,1-2H3. The summed E-state index contributed by atoms with van der Waals surface area (Å²) in [6, 6.07) is 6.67. The lowest BCUT2D eigenvalue weighted by molar-refractivity contribution is 0.213. The van der Waals surface area contributed by atoms with Crippen LogP contribution in [-0.2, 0) is 19.1 Å². The number of rotatable bonds is 8. The fourth-order valence-electron chi connectivity index (χ4n) is 2.48. The Hall–Kier alpha value is -1.66. The highest BCUT2D eigenvalue weighted by Crippen LogP contribution is 2.21. The van der Waals surface area contributed by atoms with Crippen LogP contribution in [0, 0.1) is 6.92 Å². The highest BCUT2D eigenvalue weighted by Gasteiger charge is 2.16. The zero-order chi connectivity index (χ0) is 16.7. The minimum absolute atomic E-state index is 0.195. The van der Waals surface area contributed by atoms with Crippen molar-refractivity contribution in [1.29, 1.82) is 0 Å². The molecule has 6 heteroatoms. The second-order valence-electron chi connectivity index (χ2n) is 5.53. The van der Waals surface area contributed by atoms with Crippen molar-refractivity contribution in [2.45, 2.75) is 43.9 Å². The molecule has 1 aliphatic carbocycles. The number of benzene rings is 1. The highest BCUT2D eigenvalue weighted by molar-refractivity contribution is 7.86. The minimum atomic E-state index is -3.65. The van der Waals surface area contributed by atoms with E-state index >= 15 is 0 Å². The van der Waals surface area contributed by atoms with Crippen molar-refractivity contribution in [3.8, 4) is 0 Å². The van der Waals surface area contributed by atoms with Crippen LogP contribution in [0.1, 0.15) is 37.7 Å². The van der Waals surface area contributed by atoms with Gasteiger partial charge in [0.1, 0.15) is 7.11 Å². The van der Waals surface area contributed by atoms with Crippen LogP contribution in [0.15, 0.2) is 46.0 Å². The van der Waals surface area contributed by atoms with Gasteiger partial charge < -0.3 is 4.84 Å². The molecule has 1 aromatic carbocycles. The van der Waals surface area contributed by atoms with Gasteiger partial charge in [0, 0.05) is 0 Å².